The second kappa shape index (κ2) is 5.37. The fraction of sp³-hybridized carbons (Fsp3) is 0.462. The van der Waals surface area contributed by atoms with Gasteiger partial charge in [0.25, 0.3) is 5.91 Å². The highest BCUT2D eigenvalue weighted by Gasteiger charge is 2.34. The molecule has 5 heteroatoms. The molecule has 98 valence electrons. The first-order valence-electron chi connectivity index (χ1n) is 5.93. The van der Waals surface area contributed by atoms with Crippen LogP contribution in [0.4, 0.5) is 0 Å². The number of nitrogens with zero attached hydrogens (tertiary/aromatic N) is 1. The molecule has 18 heavy (non-hydrogen) atoms. The molecule has 0 unspecified atom stereocenters. The molecule has 0 aliphatic heterocycles. The lowest BCUT2D eigenvalue weighted by Gasteiger charge is -2.22. The summed E-state index contributed by atoms with van der Waals surface area (Å²) in [6.07, 6.45) is 2.11. The van der Waals surface area contributed by atoms with Crippen molar-refractivity contribution >= 4 is 29.1 Å². The van der Waals surface area contributed by atoms with Crippen molar-refractivity contribution < 1.29 is 9.53 Å². The Morgan fingerprint density at radius 1 is 1.39 bits per heavy atom. The lowest BCUT2D eigenvalue weighted by atomic mass is 10.1. The Morgan fingerprint density at radius 3 is 2.50 bits per heavy atom. The van der Waals surface area contributed by atoms with Gasteiger partial charge >= 0.3 is 0 Å². The third kappa shape index (κ3) is 2.43. The van der Waals surface area contributed by atoms with Gasteiger partial charge in [-0.05, 0) is 31.9 Å². The van der Waals surface area contributed by atoms with Crippen LogP contribution in [0.2, 0.25) is 10.0 Å². The van der Waals surface area contributed by atoms with Crippen molar-refractivity contribution in [3.63, 3.8) is 0 Å². The molecule has 0 N–H and O–H groups in total. The maximum Gasteiger partial charge on any atom is 0.259 e. The fourth-order valence-electron chi connectivity index (χ4n) is 2.03. The van der Waals surface area contributed by atoms with Gasteiger partial charge in [-0.2, -0.15) is 0 Å². The fourth-order valence-corrected chi connectivity index (χ4v) is 2.49. The molecule has 0 atom stereocenters. The highest BCUT2D eigenvalue weighted by Crippen LogP contribution is 2.37. The molecule has 0 bridgehead atoms. The molecule has 0 radical (unpaired) electrons. The Labute approximate surface area is 117 Å². The minimum atomic E-state index is -0.107. The Bertz CT molecular complexity index is 472. The number of ether oxygens (including phenoxy) is 1. The molecule has 0 aromatic heterocycles. The van der Waals surface area contributed by atoms with Gasteiger partial charge in [-0.25, -0.2) is 0 Å². The number of hydrogen-bond donors (Lipinski definition) is 0. The number of rotatable bonds is 4. The normalized spacial score (nSPS) is 14.4. The Morgan fingerprint density at radius 2 is 2.00 bits per heavy atom. The average Bonchev–Trinajstić information content (AvgIpc) is 3.16. The van der Waals surface area contributed by atoms with Crippen LogP contribution in [-0.4, -0.2) is 30.5 Å². The molecule has 1 amide bonds. The van der Waals surface area contributed by atoms with E-state index in [1.54, 1.807) is 12.1 Å². The van der Waals surface area contributed by atoms with Gasteiger partial charge in [0, 0.05) is 12.6 Å². The van der Waals surface area contributed by atoms with E-state index >= 15 is 0 Å². The zero-order chi connectivity index (χ0) is 13.3. The first kappa shape index (κ1) is 13.5. The molecule has 1 saturated carbocycles. The van der Waals surface area contributed by atoms with Crippen molar-refractivity contribution in [2.45, 2.75) is 25.8 Å². The number of hydrogen-bond acceptors (Lipinski definition) is 2. The Hall–Kier alpha value is -0.930. The Kier molecular flexibility index (Phi) is 4.03. The van der Waals surface area contributed by atoms with E-state index in [0.29, 0.717) is 33.9 Å². The van der Waals surface area contributed by atoms with Gasteiger partial charge in [-0.3, -0.25) is 4.79 Å². The summed E-state index contributed by atoms with van der Waals surface area (Å²) >= 11 is 12.1. The van der Waals surface area contributed by atoms with E-state index in [2.05, 4.69) is 0 Å². The summed E-state index contributed by atoms with van der Waals surface area (Å²) in [6.45, 7) is 2.62. The topological polar surface area (TPSA) is 29.5 Å². The van der Waals surface area contributed by atoms with Crippen LogP contribution in [0.5, 0.6) is 5.75 Å². The molecule has 1 aliphatic carbocycles. The van der Waals surface area contributed by atoms with Gasteiger partial charge in [-0.1, -0.05) is 23.2 Å². The summed E-state index contributed by atoms with van der Waals surface area (Å²) in [7, 11) is 1.49. The number of halogens is 2. The van der Waals surface area contributed by atoms with E-state index in [-0.39, 0.29) is 5.91 Å². The SMILES string of the molecule is CCN(C(=O)c1c(Cl)ccc(Cl)c1OC)C1CC1. The number of carbonyl (C=O) groups excluding carboxylic acids is 1. The number of benzene rings is 1. The van der Waals surface area contributed by atoms with Gasteiger partial charge in [-0.15, -0.1) is 0 Å². The Balaban J connectivity index is 2.42. The van der Waals surface area contributed by atoms with E-state index in [9.17, 15) is 4.79 Å². The van der Waals surface area contributed by atoms with Crippen LogP contribution in [0.15, 0.2) is 12.1 Å². The molecule has 1 aromatic rings. The van der Waals surface area contributed by atoms with E-state index in [0.717, 1.165) is 12.8 Å². The zero-order valence-electron chi connectivity index (χ0n) is 10.4. The smallest absolute Gasteiger partial charge is 0.259 e. The van der Waals surface area contributed by atoms with Gasteiger partial charge in [0.05, 0.1) is 17.2 Å². The van der Waals surface area contributed by atoms with Crippen LogP contribution < -0.4 is 4.74 Å². The van der Waals surface area contributed by atoms with Crippen LogP contribution in [0.3, 0.4) is 0 Å². The lowest BCUT2D eigenvalue weighted by Crippen LogP contribution is -2.33. The van der Waals surface area contributed by atoms with Gasteiger partial charge in [0.1, 0.15) is 5.56 Å². The quantitative estimate of drug-likeness (QED) is 0.846. The third-order valence-corrected chi connectivity index (χ3v) is 3.68. The van der Waals surface area contributed by atoms with Crippen LogP contribution in [0.1, 0.15) is 30.1 Å². The predicted molar refractivity (Wildman–Crippen MR) is 72.7 cm³/mol. The summed E-state index contributed by atoms with van der Waals surface area (Å²) in [6, 6.07) is 3.59. The van der Waals surface area contributed by atoms with E-state index in [4.69, 9.17) is 27.9 Å². The second-order valence-corrected chi connectivity index (χ2v) is 5.07. The monoisotopic (exact) mass is 287 g/mol. The first-order chi connectivity index (χ1) is 8.60. The van der Waals surface area contributed by atoms with Crippen molar-refractivity contribution in [2.75, 3.05) is 13.7 Å². The molecule has 0 heterocycles. The van der Waals surface area contributed by atoms with Gasteiger partial charge < -0.3 is 9.64 Å². The van der Waals surface area contributed by atoms with E-state index < -0.39 is 0 Å². The number of methoxy groups -OCH3 is 1. The van der Waals surface area contributed by atoms with Crippen molar-refractivity contribution in [3.8, 4) is 5.75 Å². The van der Waals surface area contributed by atoms with Crippen molar-refractivity contribution in [3.05, 3.63) is 27.7 Å². The minimum absolute atomic E-state index is 0.107. The highest BCUT2D eigenvalue weighted by atomic mass is 35.5. The van der Waals surface area contributed by atoms with Crippen molar-refractivity contribution in [2.24, 2.45) is 0 Å². The summed E-state index contributed by atoms with van der Waals surface area (Å²) in [5.41, 5.74) is 0.361. The van der Waals surface area contributed by atoms with Crippen LogP contribution in [0.25, 0.3) is 0 Å². The summed E-state index contributed by atoms with van der Waals surface area (Å²) in [4.78, 5) is 14.3. The molecule has 1 aliphatic rings. The van der Waals surface area contributed by atoms with Crippen LogP contribution in [-0.2, 0) is 0 Å². The van der Waals surface area contributed by atoms with Gasteiger partial charge in [0.2, 0.25) is 0 Å². The van der Waals surface area contributed by atoms with Crippen LogP contribution in [0, 0.1) is 0 Å². The lowest BCUT2D eigenvalue weighted by molar-refractivity contribution is 0.0749. The predicted octanol–water partition coefficient (Wildman–Crippen LogP) is 3.63. The largest absolute Gasteiger partial charge is 0.494 e. The summed E-state index contributed by atoms with van der Waals surface area (Å²) < 4.78 is 5.21. The number of carbonyl (C=O) groups is 1. The first-order valence-corrected chi connectivity index (χ1v) is 6.68. The molecule has 0 saturated heterocycles. The molecule has 1 aromatic carbocycles. The molecular weight excluding hydrogens is 273 g/mol. The van der Waals surface area contributed by atoms with Crippen LogP contribution >= 0.6 is 23.2 Å². The third-order valence-electron chi connectivity index (χ3n) is 3.07. The molecular formula is C13H15Cl2NO2. The number of amides is 1. The summed E-state index contributed by atoms with van der Waals surface area (Å²) in [5.74, 6) is 0.248. The van der Waals surface area contributed by atoms with E-state index in [1.807, 2.05) is 11.8 Å². The maximum atomic E-state index is 12.5. The van der Waals surface area contributed by atoms with Crippen molar-refractivity contribution in [1.29, 1.82) is 0 Å². The maximum absolute atomic E-state index is 12.5. The molecule has 0 spiro atoms. The standard InChI is InChI=1S/C13H15Cl2NO2/c1-3-16(8-4-5-8)13(17)11-9(14)6-7-10(15)12(11)18-2/h6-8H,3-5H2,1-2H3. The van der Waals surface area contributed by atoms with Gasteiger partial charge in [0.15, 0.2) is 5.75 Å². The molecule has 2 rings (SSSR count). The van der Waals surface area contributed by atoms with E-state index in [1.165, 1.54) is 7.11 Å². The zero-order valence-corrected chi connectivity index (χ0v) is 11.9. The highest BCUT2D eigenvalue weighted by molar-refractivity contribution is 6.37. The molecule has 1 fully saturated rings. The average molecular weight is 288 g/mol. The summed E-state index contributed by atoms with van der Waals surface area (Å²) in [5, 5.41) is 0.775. The molecule has 3 nitrogen and oxygen atoms in total. The minimum Gasteiger partial charge on any atom is -0.494 e. The van der Waals surface area contributed by atoms with Crippen molar-refractivity contribution in [1.82, 2.24) is 4.90 Å². The second-order valence-electron chi connectivity index (χ2n) is 4.26.